The number of rotatable bonds is 5. The molecule has 0 saturated carbocycles. The molecule has 0 fully saturated rings. The van der Waals surface area contributed by atoms with Crippen LogP contribution < -0.4 is 9.75 Å². The van der Waals surface area contributed by atoms with E-state index >= 15 is 0 Å². The Morgan fingerprint density at radius 1 is 1.21 bits per heavy atom. The predicted molar refractivity (Wildman–Crippen MR) is 110 cm³/mol. The maximum Gasteiger partial charge on any atom is 0.280 e. The number of benzene rings is 2. The number of hydrogen-bond donors (Lipinski definition) is 0. The van der Waals surface area contributed by atoms with E-state index in [0.717, 1.165) is 15.8 Å². The Morgan fingerprint density at radius 2 is 2.11 bits per heavy atom. The molecule has 2 aromatic carbocycles. The molecule has 2 heterocycles. The first kappa shape index (κ1) is 17.9. The zero-order valence-corrected chi connectivity index (χ0v) is 16.1. The van der Waals surface area contributed by atoms with Crippen molar-refractivity contribution in [2.75, 3.05) is 12.1 Å². The van der Waals surface area contributed by atoms with Crippen molar-refractivity contribution in [3.05, 3.63) is 77.7 Å². The lowest BCUT2D eigenvalue weighted by molar-refractivity contribution is 0.0987. The molecule has 6 nitrogen and oxygen atoms in total. The second kappa shape index (κ2) is 7.66. The van der Waals surface area contributed by atoms with Crippen LogP contribution in [0.25, 0.3) is 10.2 Å². The number of fused-ring (bicyclic) bond motifs is 1. The molecule has 0 saturated heterocycles. The molecule has 2 aromatic heterocycles. The zero-order chi connectivity index (χ0) is 19.5. The summed E-state index contributed by atoms with van der Waals surface area (Å²) in [7, 11) is 1.56. The fourth-order valence-electron chi connectivity index (χ4n) is 2.66. The number of carbonyl (C=O) groups is 1. The van der Waals surface area contributed by atoms with Crippen LogP contribution >= 0.6 is 11.3 Å². The van der Waals surface area contributed by atoms with Crippen molar-refractivity contribution in [1.82, 2.24) is 4.98 Å². The van der Waals surface area contributed by atoms with E-state index in [1.54, 1.807) is 49.8 Å². The van der Waals surface area contributed by atoms with Crippen LogP contribution in [0.15, 0.2) is 70.4 Å². The largest absolute Gasteiger partial charge is 0.497 e. The molecule has 140 valence electrons. The van der Waals surface area contributed by atoms with Crippen molar-refractivity contribution < 1.29 is 13.9 Å². The maximum absolute atomic E-state index is 13.2. The second-order valence-corrected chi connectivity index (χ2v) is 7.09. The number of ether oxygens (including phenoxy) is 1. The molecule has 0 unspecified atom stereocenters. The zero-order valence-electron chi connectivity index (χ0n) is 15.3. The van der Waals surface area contributed by atoms with Crippen LogP contribution in [-0.2, 0) is 0 Å². The highest BCUT2D eigenvalue weighted by Gasteiger charge is 2.21. The monoisotopic (exact) mass is 391 g/mol. The molecule has 7 heteroatoms. The average molecular weight is 391 g/mol. The maximum atomic E-state index is 13.2. The minimum atomic E-state index is -0.308. The number of aromatic nitrogens is 1. The predicted octanol–water partition coefficient (Wildman–Crippen LogP) is 4.89. The number of anilines is 1. The van der Waals surface area contributed by atoms with Crippen molar-refractivity contribution in [3.63, 3.8) is 0 Å². The summed E-state index contributed by atoms with van der Waals surface area (Å²) in [5.74, 6) is 0.832. The third-order valence-corrected chi connectivity index (χ3v) is 5.06. The quantitative estimate of drug-likeness (QED) is 0.359. The van der Waals surface area contributed by atoms with Crippen LogP contribution in [0.5, 0.6) is 5.75 Å². The van der Waals surface area contributed by atoms with Gasteiger partial charge in [-0.25, -0.2) is 4.98 Å². The summed E-state index contributed by atoms with van der Waals surface area (Å²) in [4.78, 5) is 17.8. The van der Waals surface area contributed by atoms with Gasteiger partial charge in [0.15, 0.2) is 0 Å². The summed E-state index contributed by atoms with van der Waals surface area (Å²) in [5, 5.41) is 6.13. The molecular weight excluding hydrogens is 374 g/mol. The Balaban J connectivity index is 1.76. The number of carbonyl (C=O) groups excluding carboxylic acids is 1. The van der Waals surface area contributed by atoms with Crippen molar-refractivity contribution in [1.29, 1.82) is 0 Å². The van der Waals surface area contributed by atoms with Gasteiger partial charge in [0, 0.05) is 5.56 Å². The summed E-state index contributed by atoms with van der Waals surface area (Å²) in [6, 6.07) is 16.4. The van der Waals surface area contributed by atoms with E-state index in [1.165, 1.54) is 22.6 Å². The van der Waals surface area contributed by atoms with Gasteiger partial charge in [-0.1, -0.05) is 23.5 Å². The highest BCUT2D eigenvalue weighted by molar-refractivity contribution is 7.22. The molecule has 28 heavy (non-hydrogen) atoms. The lowest BCUT2D eigenvalue weighted by Crippen LogP contribution is -2.25. The van der Waals surface area contributed by atoms with E-state index < -0.39 is 0 Å². The molecule has 0 atom stereocenters. The number of nitrogens with zero attached hydrogens (tertiary/aromatic N) is 3. The van der Waals surface area contributed by atoms with Crippen molar-refractivity contribution in [3.8, 4) is 5.75 Å². The van der Waals surface area contributed by atoms with E-state index in [9.17, 15) is 4.79 Å². The van der Waals surface area contributed by atoms with Gasteiger partial charge in [-0.05, 0) is 55.0 Å². The highest BCUT2D eigenvalue weighted by Crippen LogP contribution is 2.31. The highest BCUT2D eigenvalue weighted by atomic mass is 32.1. The van der Waals surface area contributed by atoms with Gasteiger partial charge in [0.05, 0.1) is 29.8 Å². The minimum Gasteiger partial charge on any atom is -0.497 e. The first-order chi connectivity index (χ1) is 13.6. The van der Waals surface area contributed by atoms with Gasteiger partial charge >= 0.3 is 0 Å². The molecule has 0 spiro atoms. The summed E-state index contributed by atoms with van der Waals surface area (Å²) in [5.41, 5.74) is 2.40. The van der Waals surface area contributed by atoms with Crippen LogP contribution in [0.1, 0.15) is 21.7 Å². The van der Waals surface area contributed by atoms with Gasteiger partial charge in [0.1, 0.15) is 11.5 Å². The van der Waals surface area contributed by atoms with Crippen LogP contribution in [0.4, 0.5) is 5.13 Å². The average Bonchev–Trinajstić information content (AvgIpc) is 3.37. The number of methoxy groups -OCH3 is 1. The van der Waals surface area contributed by atoms with Gasteiger partial charge in [0.25, 0.3) is 5.91 Å². The van der Waals surface area contributed by atoms with Crippen LogP contribution in [0, 0.1) is 6.92 Å². The Labute approximate surface area is 165 Å². The van der Waals surface area contributed by atoms with Gasteiger partial charge < -0.3 is 9.15 Å². The Hall–Kier alpha value is -3.45. The third-order valence-electron chi connectivity index (χ3n) is 4.07. The fourth-order valence-corrected chi connectivity index (χ4v) is 3.68. The normalized spacial score (nSPS) is 11.2. The van der Waals surface area contributed by atoms with E-state index in [1.807, 2.05) is 25.1 Å². The molecule has 4 rings (SSSR count). The van der Waals surface area contributed by atoms with Crippen molar-refractivity contribution in [2.45, 2.75) is 6.92 Å². The van der Waals surface area contributed by atoms with Gasteiger partial charge in [-0.2, -0.15) is 10.1 Å². The standard InChI is InChI=1S/C21H17N3O3S/c1-14-8-9-18-19(11-14)28-21(23-18)24(22-13-17-7-4-10-27-17)20(25)15-5-3-6-16(12-15)26-2/h3-13H,1-2H3/b22-13-. The Kier molecular flexibility index (Phi) is 4.90. The topological polar surface area (TPSA) is 67.9 Å². The lowest BCUT2D eigenvalue weighted by atomic mass is 10.2. The van der Waals surface area contributed by atoms with Gasteiger partial charge in [-0.3, -0.25) is 4.79 Å². The van der Waals surface area contributed by atoms with E-state index in [2.05, 4.69) is 10.1 Å². The van der Waals surface area contributed by atoms with E-state index in [-0.39, 0.29) is 5.91 Å². The number of aryl methyl sites for hydroxylation is 1. The Bertz CT molecular complexity index is 1150. The number of amides is 1. The molecule has 0 aliphatic carbocycles. The molecule has 0 radical (unpaired) electrons. The minimum absolute atomic E-state index is 0.308. The van der Waals surface area contributed by atoms with E-state index in [4.69, 9.17) is 9.15 Å². The molecule has 0 bridgehead atoms. The Morgan fingerprint density at radius 3 is 2.89 bits per heavy atom. The first-order valence-corrected chi connectivity index (χ1v) is 9.39. The molecule has 0 aliphatic rings. The number of thiazole rings is 1. The van der Waals surface area contributed by atoms with Crippen LogP contribution in [-0.4, -0.2) is 24.2 Å². The SMILES string of the molecule is COc1cccc(C(=O)N(/N=C\c2ccco2)c2nc3ccc(C)cc3s2)c1. The van der Waals surface area contributed by atoms with Crippen LogP contribution in [0.2, 0.25) is 0 Å². The lowest BCUT2D eigenvalue weighted by Gasteiger charge is -2.14. The third kappa shape index (κ3) is 3.65. The van der Waals surface area contributed by atoms with E-state index in [0.29, 0.717) is 22.2 Å². The summed E-state index contributed by atoms with van der Waals surface area (Å²) in [6.45, 7) is 2.02. The summed E-state index contributed by atoms with van der Waals surface area (Å²) < 4.78 is 11.5. The summed E-state index contributed by atoms with van der Waals surface area (Å²) in [6.07, 6.45) is 3.05. The van der Waals surface area contributed by atoms with Gasteiger partial charge in [0.2, 0.25) is 5.13 Å². The molecule has 0 aliphatic heterocycles. The smallest absolute Gasteiger partial charge is 0.280 e. The number of hydrazone groups is 1. The fraction of sp³-hybridized carbons (Fsp3) is 0.0952. The number of furan rings is 1. The molecule has 1 amide bonds. The van der Waals surface area contributed by atoms with Crippen LogP contribution in [0.3, 0.4) is 0 Å². The summed E-state index contributed by atoms with van der Waals surface area (Å²) >= 11 is 1.41. The first-order valence-electron chi connectivity index (χ1n) is 8.57. The van der Waals surface area contributed by atoms with Crippen molar-refractivity contribution >= 4 is 38.8 Å². The van der Waals surface area contributed by atoms with Gasteiger partial charge in [-0.15, -0.1) is 0 Å². The van der Waals surface area contributed by atoms with Crippen molar-refractivity contribution in [2.24, 2.45) is 5.10 Å². The molecule has 0 N–H and O–H groups in total. The molecule has 4 aromatic rings. The molecular formula is C21H17N3O3S. The number of hydrogen-bond acceptors (Lipinski definition) is 6. The second-order valence-electron chi connectivity index (χ2n) is 6.08.